The molecule has 0 saturated carbocycles. The summed E-state index contributed by atoms with van der Waals surface area (Å²) in [4.78, 5) is 24.3. The van der Waals surface area contributed by atoms with Gasteiger partial charge in [0.05, 0.1) is 35.3 Å². The summed E-state index contributed by atoms with van der Waals surface area (Å²) < 4.78 is 6.46. The lowest BCUT2D eigenvalue weighted by molar-refractivity contribution is -0.711. The molecular weight excluding hydrogens is 350 g/mol. The van der Waals surface area contributed by atoms with Gasteiger partial charge in [-0.3, -0.25) is 4.79 Å². The van der Waals surface area contributed by atoms with E-state index in [9.17, 15) is 14.9 Å². The second-order valence-electron chi connectivity index (χ2n) is 5.72. The summed E-state index contributed by atoms with van der Waals surface area (Å²) in [6, 6.07) is 13.7. The summed E-state index contributed by atoms with van der Waals surface area (Å²) in [6.45, 7) is 0. The van der Waals surface area contributed by atoms with Crippen LogP contribution in [0.2, 0.25) is 0 Å². The Balaban J connectivity index is 2.12. The minimum atomic E-state index is -0.647. The van der Waals surface area contributed by atoms with Crippen LogP contribution < -0.4 is 9.88 Å². The average Bonchev–Trinajstić information content (AvgIpc) is 2.67. The van der Waals surface area contributed by atoms with Gasteiger partial charge in [0.2, 0.25) is 6.04 Å². The van der Waals surface area contributed by atoms with Crippen molar-refractivity contribution in [2.75, 3.05) is 7.11 Å². The number of hydrogen-bond donors (Lipinski definition) is 2. The maximum Gasteiger partial charge on any atom is 0.337 e. The van der Waals surface area contributed by atoms with Crippen LogP contribution in [0.15, 0.2) is 65.5 Å². The Labute approximate surface area is 156 Å². The van der Waals surface area contributed by atoms with Crippen molar-refractivity contribution in [3.63, 3.8) is 0 Å². The number of methoxy groups -OCH3 is 1. The molecule has 130 valence electrons. The molecule has 2 aromatic rings. The number of pyridine rings is 1. The molecule has 7 heteroatoms. The summed E-state index contributed by atoms with van der Waals surface area (Å²) >= 11 is 4.27. The number of benzene rings is 1. The number of amides is 1. The number of carbonyl (C=O) groups excluding carboxylic acids is 2. The molecule has 1 amide bonds. The van der Waals surface area contributed by atoms with Crippen molar-refractivity contribution in [2.24, 2.45) is 0 Å². The van der Waals surface area contributed by atoms with Crippen molar-refractivity contribution in [1.82, 2.24) is 5.32 Å². The monoisotopic (exact) mass is 366 g/mol. The van der Waals surface area contributed by atoms with Gasteiger partial charge in [0.15, 0.2) is 12.4 Å². The zero-order chi connectivity index (χ0) is 18.7. The van der Waals surface area contributed by atoms with Crippen LogP contribution in [0.25, 0.3) is 0 Å². The Hall–Kier alpha value is -3.11. The minimum Gasteiger partial charge on any atom is -0.465 e. The van der Waals surface area contributed by atoms with Crippen molar-refractivity contribution >= 4 is 24.5 Å². The summed E-state index contributed by atoms with van der Waals surface area (Å²) in [5.41, 5.74) is 1.49. The van der Waals surface area contributed by atoms with E-state index in [0.717, 1.165) is 5.56 Å². The normalized spacial score (nSPS) is 19.5. The molecule has 0 radical (unpaired) electrons. The van der Waals surface area contributed by atoms with Crippen LogP contribution in [0, 0.1) is 11.3 Å². The van der Waals surface area contributed by atoms with Gasteiger partial charge >= 0.3 is 5.97 Å². The maximum absolute atomic E-state index is 12.7. The number of ether oxygens (including phenoxy) is 1. The van der Waals surface area contributed by atoms with Crippen molar-refractivity contribution in [2.45, 2.75) is 12.0 Å². The van der Waals surface area contributed by atoms with Crippen LogP contribution in [0.3, 0.4) is 0 Å². The first-order chi connectivity index (χ1) is 12.6. The van der Waals surface area contributed by atoms with Gasteiger partial charge in [-0.25, -0.2) is 4.79 Å². The van der Waals surface area contributed by atoms with E-state index in [1.54, 1.807) is 41.2 Å². The predicted octanol–water partition coefficient (Wildman–Crippen LogP) is 1.88. The van der Waals surface area contributed by atoms with Gasteiger partial charge in [0.1, 0.15) is 0 Å². The van der Waals surface area contributed by atoms with Crippen LogP contribution in [0.1, 0.15) is 27.9 Å². The number of aromatic nitrogens is 1. The number of esters is 1. The number of allylic oxidation sites excluding steroid dienone is 1. The van der Waals surface area contributed by atoms with Gasteiger partial charge in [0, 0.05) is 12.1 Å². The van der Waals surface area contributed by atoms with E-state index in [2.05, 4.69) is 24.0 Å². The van der Waals surface area contributed by atoms with Crippen LogP contribution in [-0.4, -0.2) is 19.0 Å². The molecular formula is C19H16N3O3S+. The second-order valence-corrected chi connectivity index (χ2v) is 6.17. The second kappa shape index (κ2) is 7.42. The number of nitriles is 1. The van der Waals surface area contributed by atoms with E-state index in [1.807, 2.05) is 18.2 Å². The van der Waals surface area contributed by atoms with Crippen LogP contribution in [-0.2, 0) is 9.53 Å². The summed E-state index contributed by atoms with van der Waals surface area (Å²) in [7, 11) is 1.31. The number of rotatable bonds is 3. The fourth-order valence-electron chi connectivity index (χ4n) is 3.04. The Morgan fingerprint density at radius 2 is 1.88 bits per heavy atom. The zero-order valence-electron chi connectivity index (χ0n) is 13.9. The fraction of sp³-hybridized carbons (Fsp3) is 0.158. The standard InChI is InChI=1S/C19H15N3O3S/c1-25-19(24)13-7-5-12(6-8-13)15-14(11-20)18(26)21-17(23)16(15)22-9-3-2-4-10-22/h2-10,15-16H,1H3,(H-,21,23,26)/p+1/t15-,16-/m0/s1. The third kappa shape index (κ3) is 3.19. The number of thiol groups is 1. The molecule has 0 unspecified atom stereocenters. The molecule has 1 aliphatic rings. The summed E-state index contributed by atoms with van der Waals surface area (Å²) in [5.74, 6) is -1.23. The third-order valence-electron chi connectivity index (χ3n) is 4.26. The van der Waals surface area contributed by atoms with Gasteiger partial charge in [-0.05, 0) is 17.7 Å². The molecule has 3 rings (SSSR count). The molecule has 6 nitrogen and oxygen atoms in total. The van der Waals surface area contributed by atoms with Crippen molar-refractivity contribution < 1.29 is 18.9 Å². The first kappa shape index (κ1) is 17.7. The summed E-state index contributed by atoms with van der Waals surface area (Å²) in [6.07, 6.45) is 3.55. The fourth-order valence-corrected chi connectivity index (χ4v) is 3.33. The Kier molecular flexibility index (Phi) is 5.05. The summed E-state index contributed by atoms with van der Waals surface area (Å²) in [5, 5.41) is 12.5. The van der Waals surface area contributed by atoms with E-state index >= 15 is 0 Å². The molecule has 0 aliphatic carbocycles. The van der Waals surface area contributed by atoms with Gasteiger partial charge in [-0.2, -0.15) is 9.83 Å². The molecule has 0 fully saturated rings. The molecule has 1 aromatic carbocycles. The first-order valence-electron chi connectivity index (χ1n) is 7.85. The highest BCUT2D eigenvalue weighted by atomic mass is 32.1. The lowest BCUT2D eigenvalue weighted by Gasteiger charge is -2.27. The SMILES string of the molecule is COC(=O)c1ccc([C@H]2C(C#N)=C(S)NC(=O)[C@H]2[n+]2ccccc2)cc1. The molecule has 1 N–H and O–H groups in total. The Bertz CT molecular complexity index is 917. The smallest absolute Gasteiger partial charge is 0.337 e. The highest BCUT2D eigenvalue weighted by Gasteiger charge is 2.44. The maximum atomic E-state index is 12.7. The molecule has 0 saturated heterocycles. The van der Waals surface area contributed by atoms with Crippen molar-refractivity contribution in [3.8, 4) is 6.07 Å². The molecule has 2 atom stereocenters. The van der Waals surface area contributed by atoms with Gasteiger partial charge in [0.25, 0.3) is 5.91 Å². The number of nitrogens with one attached hydrogen (secondary N) is 1. The topological polar surface area (TPSA) is 83.1 Å². The van der Waals surface area contributed by atoms with E-state index in [1.165, 1.54) is 7.11 Å². The van der Waals surface area contributed by atoms with Crippen molar-refractivity contribution in [3.05, 3.63) is 76.6 Å². The lowest BCUT2D eigenvalue weighted by Crippen LogP contribution is -2.53. The third-order valence-corrected chi connectivity index (χ3v) is 4.62. The van der Waals surface area contributed by atoms with E-state index in [4.69, 9.17) is 4.74 Å². The van der Waals surface area contributed by atoms with E-state index in [-0.39, 0.29) is 10.9 Å². The highest BCUT2D eigenvalue weighted by molar-refractivity contribution is 7.84. The molecule has 1 aromatic heterocycles. The molecule has 1 aliphatic heterocycles. The molecule has 26 heavy (non-hydrogen) atoms. The van der Waals surface area contributed by atoms with Crippen LogP contribution in [0.4, 0.5) is 0 Å². The number of carbonyl (C=O) groups is 2. The average molecular weight is 366 g/mol. The van der Waals surface area contributed by atoms with Gasteiger partial charge in [-0.1, -0.05) is 18.2 Å². The minimum absolute atomic E-state index is 0.243. The van der Waals surface area contributed by atoms with Gasteiger partial charge in [-0.15, -0.1) is 12.6 Å². The number of nitrogens with zero attached hydrogens (tertiary/aromatic N) is 2. The largest absolute Gasteiger partial charge is 0.465 e. The zero-order valence-corrected chi connectivity index (χ0v) is 14.8. The van der Waals surface area contributed by atoms with Crippen LogP contribution >= 0.6 is 12.6 Å². The van der Waals surface area contributed by atoms with Gasteiger partial charge < -0.3 is 10.1 Å². The molecule has 2 heterocycles. The lowest BCUT2D eigenvalue weighted by atomic mass is 9.82. The van der Waals surface area contributed by atoms with E-state index < -0.39 is 17.9 Å². The quantitative estimate of drug-likeness (QED) is 0.494. The predicted molar refractivity (Wildman–Crippen MR) is 96.0 cm³/mol. The molecule has 0 bridgehead atoms. The van der Waals surface area contributed by atoms with Crippen molar-refractivity contribution in [1.29, 1.82) is 5.26 Å². The first-order valence-corrected chi connectivity index (χ1v) is 8.29. The van der Waals surface area contributed by atoms with Crippen LogP contribution in [0.5, 0.6) is 0 Å². The molecule has 0 spiro atoms. The number of hydrogen-bond acceptors (Lipinski definition) is 5. The highest BCUT2D eigenvalue weighted by Crippen LogP contribution is 2.37. The Morgan fingerprint density at radius 1 is 1.23 bits per heavy atom. The van der Waals surface area contributed by atoms with E-state index in [0.29, 0.717) is 11.1 Å². The Morgan fingerprint density at radius 3 is 2.46 bits per heavy atom.